The maximum absolute atomic E-state index is 10.8. The van der Waals surface area contributed by atoms with Gasteiger partial charge in [0.1, 0.15) is 5.58 Å². The van der Waals surface area contributed by atoms with Crippen LogP contribution in [0.15, 0.2) is 28.7 Å². The molecule has 72 valence electrons. The summed E-state index contributed by atoms with van der Waals surface area (Å²) in [6, 6.07) is 7.28. The highest BCUT2D eigenvalue weighted by atomic mass is 79.9. The van der Waals surface area contributed by atoms with Gasteiger partial charge in [0.2, 0.25) is 5.76 Å². The first kappa shape index (κ1) is 9.27. The van der Waals surface area contributed by atoms with Crippen LogP contribution in [-0.2, 0) is 5.33 Å². The van der Waals surface area contributed by atoms with E-state index in [2.05, 4.69) is 15.9 Å². The van der Waals surface area contributed by atoms with Crippen LogP contribution in [0.3, 0.4) is 0 Å². The molecule has 0 aliphatic rings. The lowest BCUT2D eigenvalue weighted by Gasteiger charge is -1.91. The summed E-state index contributed by atoms with van der Waals surface area (Å²) in [5, 5.41) is 10.2. The molecule has 1 aromatic heterocycles. The summed E-state index contributed by atoms with van der Waals surface area (Å²) in [4.78, 5) is 10.8. The van der Waals surface area contributed by atoms with E-state index in [1.165, 1.54) is 0 Å². The molecule has 0 atom stereocenters. The largest absolute Gasteiger partial charge is 0.475 e. The summed E-state index contributed by atoms with van der Waals surface area (Å²) in [6.07, 6.45) is 0. The number of halogens is 1. The molecule has 0 saturated heterocycles. The first-order valence-corrected chi connectivity index (χ1v) is 5.16. The molecule has 0 bridgehead atoms. The Bertz CT molecular complexity index is 487. The number of hydrogen-bond acceptors (Lipinski definition) is 2. The molecule has 14 heavy (non-hydrogen) atoms. The van der Waals surface area contributed by atoms with Crippen LogP contribution < -0.4 is 0 Å². The van der Waals surface area contributed by atoms with Gasteiger partial charge in [-0.1, -0.05) is 34.1 Å². The topological polar surface area (TPSA) is 50.4 Å². The average molecular weight is 255 g/mol. The first-order chi connectivity index (χ1) is 6.74. The Balaban J connectivity index is 2.78. The van der Waals surface area contributed by atoms with E-state index in [0.717, 1.165) is 5.39 Å². The third kappa shape index (κ3) is 1.32. The standard InChI is InChI=1S/C10H7BrO3/c11-5-7-6-3-1-2-4-8(6)14-9(7)10(12)13/h1-4H,5H2,(H,12,13). The van der Waals surface area contributed by atoms with Crippen molar-refractivity contribution in [2.45, 2.75) is 5.33 Å². The van der Waals surface area contributed by atoms with Gasteiger partial charge in [-0.3, -0.25) is 0 Å². The molecule has 2 aromatic rings. The van der Waals surface area contributed by atoms with Gasteiger partial charge in [0.05, 0.1) is 0 Å². The van der Waals surface area contributed by atoms with Gasteiger partial charge in [-0.15, -0.1) is 0 Å². The monoisotopic (exact) mass is 254 g/mol. The predicted molar refractivity (Wildman–Crippen MR) is 55.8 cm³/mol. The molecule has 2 rings (SSSR count). The predicted octanol–water partition coefficient (Wildman–Crippen LogP) is 3.03. The number of carbonyl (C=O) groups is 1. The number of para-hydroxylation sites is 1. The Morgan fingerprint density at radius 1 is 1.43 bits per heavy atom. The third-order valence-corrected chi connectivity index (χ3v) is 2.59. The Kier molecular flexibility index (Phi) is 2.29. The second kappa shape index (κ2) is 3.46. The van der Waals surface area contributed by atoms with Crippen molar-refractivity contribution in [2.75, 3.05) is 0 Å². The molecule has 0 amide bonds. The fourth-order valence-corrected chi connectivity index (χ4v) is 1.96. The summed E-state index contributed by atoms with van der Waals surface area (Å²) < 4.78 is 5.22. The van der Waals surface area contributed by atoms with Gasteiger partial charge in [0.15, 0.2) is 0 Å². The minimum atomic E-state index is -1.03. The lowest BCUT2D eigenvalue weighted by Crippen LogP contribution is -1.96. The Morgan fingerprint density at radius 3 is 2.79 bits per heavy atom. The molecule has 0 aliphatic heterocycles. The maximum Gasteiger partial charge on any atom is 0.372 e. The second-order valence-electron chi connectivity index (χ2n) is 2.84. The van der Waals surface area contributed by atoms with Crippen LogP contribution in [0.4, 0.5) is 0 Å². The Hall–Kier alpha value is -1.29. The van der Waals surface area contributed by atoms with E-state index in [0.29, 0.717) is 16.5 Å². The molecule has 1 heterocycles. The first-order valence-electron chi connectivity index (χ1n) is 4.03. The second-order valence-corrected chi connectivity index (χ2v) is 3.41. The van der Waals surface area contributed by atoms with Crippen molar-refractivity contribution >= 4 is 32.9 Å². The molecule has 0 spiro atoms. The number of furan rings is 1. The summed E-state index contributed by atoms with van der Waals surface area (Å²) in [7, 11) is 0. The molecular weight excluding hydrogens is 248 g/mol. The Morgan fingerprint density at radius 2 is 2.14 bits per heavy atom. The van der Waals surface area contributed by atoms with Crippen molar-refractivity contribution in [3.63, 3.8) is 0 Å². The quantitative estimate of drug-likeness (QED) is 0.839. The van der Waals surface area contributed by atoms with Crippen molar-refractivity contribution in [2.24, 2.45) is 0 Å². The molecule has 0 radical (unpaired) electrons. The minimum absolute atomic E-state index is 0.0167. The molecule has 0 fully saturated rings. The van der Waals surface area contributed by atoms with E-state index in [-0.39, 0.29) is 5.76 Å². The Labute approximate surface area is 88.5 Å². The van der Waals surface area contributed by atoms with Gasteiger partial charge in [-0.2, -0.15) is 0 Å². The van der Waals surface area contributed by atoms with E-state index in [1.807, 2.05) is 18.2 Å². The highest BCUT2D eigenvalue weighted by molar-refractivity contribution is 9.08. The van der Waals surface area contributed by atoms with Gasteiger partial charge in [0.25, 0.3) is 0 Å². The number of fused-ring (bicyclic) bond motifs is 1. The van der Waals surface area contributed by atoms with E-state index in [1.54, 1.807) is 6.07 Å². The molecule has 0 saturated carbocycles. The van der Waals surface area contributed by atoms with Crippen LogP contribution >= 0.6 is 15.9 Å². The van der Waals surface area contributed by atoms with Crippen molar-refractivity contribution in [3.05, 3.63) is 35.6 Å². The van der Waals surface area contributed by atoms with Crippen LogP contribution in [0.1, 0.15) is 16.1 Å². The lowest BCUT2D eigenvalue weighted by molar-refractivity contribution is 0.0664. The van der Waals surface area contributed by atoms with Gasteiger partial charge in [-0.25, -0.2) is 4.79 Å². The maximum atomic E-state index is 10.8. The van der Waals surface area contributed by atoms with Gasteiger partial charge in [-0.05, 0) is 6.07 Å². The number of carboxylic acid groups (broad SMARTS) is 1. The summed E-state index contributed by atoms with van der Waals surface area (Å²) in [5.41, 5.74) is 1.30. The fourth-order valence-electron chi connectivity index (χ4n) is 1.40. The normalized spacial score (nSPS) is 10.6. The van der Waals surface area contributed by atoms with Crippen LogP contribution in [0.25, 0.3) is 11.0 Å². The zero-order valence-corrected chi connectivity index (χ0v) is 8.74. The molecule has 0 aliphatic carbocycles. The third-order valence-electron chi connectivity index (χ3n) is 2.03. The van der Waals surface area contributed by atoms with E-state index < -0.39 is 5.97 Å². The van der Waals surface area contributed by atoms with Gasteiger partial charge >= 0.3 is 5.97 Å². The highest BCUT2D eigenvalue weighted by Crippen LogP contribution is 2.27. The fraction of sp³-hybridized carbons (Fsp3) is 0.100. The van der Waals surface area contributed by atoms with Crippen molar-refractivity contribution < 1.29 is 14.3 Å². The summed E-state index contributed by atoms with van der Waals surface area (Å²) in [6.45, 7) is 0. The molecular formula is C10H7BrO3. The number of rotatable bonds is 2. The number of hydrogen-bond donors (Lipinski definition) is 1. The van der Waals surface area contributed by atoms with Crippen molar-refractivity contribution in [1.82, 2.24) is 0 Å². The van der Waals surface area contributed by atoms with E-state index >= 15 is 0 Å². The smallest absolute Gasteiger partial charge is 0.372 e. The van der Waals surface area contributed by atoms with Crippen LogP contribution in [0.2, 0.25) is 0 Å². The van der Waals surface area contributed by atoms with Crippen molar-refractivity contribution in [3.8, 4) is 0 Å². The lowest BCUT2D eigenvalue weighted by atomic mass is 10.1. The minimum Gasteiger partial charge on any atom is -0.475 e. The van der Waals surface area contributed by atoms with Crippen LogP contribution in [0.5, 0.6) is 0 Å². The number of carboxylic acids is 1. The number of alkyl halides is 1. The SMILES string of the molecule is O=C(O)c1oc2ccccc2c1CBr. The zero-order valence-electron chi connectivity index (χ0n) is 7.16. The number of aromatic carboxylic acids is 1. The zero-order chi connectivity index (χ0) is 10.1. The summed E-state index contributed by atoms with van der Waals surface area (Å²) in [5.74, 6) is -1.02. The highest BCUT2D eigenvalue weighted by Gasteiger charge is 2.17. The molecule has 1 N–H and O–H groups in total. The molecule has 1 aromatic carbocycles. The van der Waals surface area contributed by atoms with Crippen molar-refractivity contribution in [1.29, 1.82) is 0 Å². The van der Waals surface area contributed by atoms with Gasteiger partial charge in [0, 0.05) is 16.3 Å². The van der Waals surface area contributed by atoms with Crippen LogP contribution in [0, 0.1) is 0 Å². The average Bonchev–Trinajstić information content (AvgIpc) is 2.56. The summed E-state index contributed by atoms with van der Waals surface area (Å²) >= 11 is 3.25. The van der Waals surface area contributed by atoms with E-state index in [4.69, 9.17) is 9.52 Å². The van der Waals surface area contributed by atoms with E-state index in [9.17, 15) is 4.79 Å². The molecule has 0 unspecified atom stereocenters. The molecule has 3 nitrogen and oxygen atoms in total. The molecule has 4 heteroatoms. The number of benzene rings is 1. The van der Waals surface area contributed by atoms with Gasteiger partial charge < -0.3 is 9.52 Å². The van der Waals surface area contributed by atoms with Crippen LogP contribution in [-0.4, -0.2) is 11.1 Å².